The van der Waals surface area contributed by atoms with Crippen LogP contribution >= 0.6 is 0 Å². The van der Waals surface area contributed by atoms with Crippen molar-refractivity contribution in [1.29, 1.82) is 0 Å². The molecule has 0 unspecified atom stereocenters. The number of benzene rings is 2. The molecule has 1 N–H and O–H groups in total. The number of carboxylic acids is 1. The van der Waals surface area contributed by atoms with E-state index in [0.717, 1.165) is 16.9 Å². The summed E-state index contributed by atoms with van der Waals surface area (Å²) < 4.78 is 16.9. The largest absolute Gasteiger partial charge is 0.493 e. The van der Waals surface area contributed by atoms with Crippen LogP contribution in [-0.2, 0) is 5.41 Å². The first-order valence-corrected chi connectivity index (χ1v) is 8.51. The van der Waals surface area contributed by atoms with Crippen molar-refractivity contribution >= 4 is 5.97 Å². The van der Waals surface area contributed by atoms with Gasteiger partial charge in [0, 0.05) is 0 Å². The Morgan fingerprint density at radius 1 is 1.04 bits per heavy atom. The smallest absolute Gasteiger partial charge is 0.335 e. The molecule has 5 heteroatoms. The Labute approximate surface area is 154 Å². The number of hydrogen-bond donors (Lipinski definition) is 1. The monoisotopic (exact) mass is 358 g/mol. The van der Waals surface area contributed by atoms with E-state index < -0.39 is 5.97 Å². The van der Waals surface area contributed by atoms with Crippen molar-refractivity contribution in [3.8, 4) is 17.2 Å². The van der Waals surface area contributed by atoms with Crippen LogP contribution in [0.4, 0.5) is 0 Å². The minimum atomic E-state index is -1.01. The number of carbonyl (C=O) groups is 1. The Morgan fingerprint density at radius 2 is 1.73 bits per heavy atom. The topological polar surface area (TPSA) is 65.0 Å². The van der Waals surface area contributed by atoms with E-state index in [4.69, 9.17) is 19.3 Å². The summed E-state index contributed by atoms with van der Waals surface area (Å²) in [4.78, 5) is 11.0. The molecule has 2 aromatic carbocycles. The number of rotatable bonds is 7. The number of aryl methyl sites for hydroxylation is 1. The standard InChI is InChI=1S/C21H26O5/c1-14-7-6-8-16(21(2,3)4)19(14)26-12-11-25-17-10-9-15(20(22)23)13-18(17)24-5/h6-10,13H,11-12H2,1-5H3,(H,22,23). The van der Waals surface area contributed by atoms with Crippen molar-refractivity contribution in [2.75, 3.05) is 20.3 Å². The van der Waals surface area contributed by atoms with E-state index in [1.165, 1.54) is 19.2 Å². The lowest BCUT2D eigenvalue weighted by molar-refractivity contribution is 0.0696. The molecule has 0 aliphatic heterocycles. The lowest BCUT2D eigenvalue weighted by Crippen LogP contribution is -2.16. The number of methoxy groups -OCH3 is 1. The second kappa shape index (κ2) is 8.13. The second-order valence-corrected chi connectivity index (χ2v) is 7.07. The van der Waals surface area contributed by atoms with Gasteiger partial charge in [-0.05, 0) is 41.7 Å². The van der Waals surface area contributed by atoms with Gasteiger partial charge in [0.2, 0.25) is 0 Å². The normalized spacial score (nSPS) is 11.1. The van der Waals surface area contributed by atoms with Gasteiger partial charge in [-0.3, -0.25) is 0 Å². The first-order valence-electron chi connectivity index (χ1n) is 8.51. The number of carboxylic acid groups (broad SMARTS) is 1. The van der Waals surface area contributed by atoms with Crippen LogP contribution < -0.4 is 14.2 Å². The summed E-state index contributed by atoms with van der Waals surface area (Å²) >= 11 is 0. The average molecular weight is 358 g/mol. The molecule has 0 bridgehead atoms. The highest BCUT2D eigenvalue weighted by Crippen LogP contribution is 2.34. The molecule has 0 aromatic heterocycles. The van der Waals surface area contributed by atoms with Crippen molar-refractivity contribution in [2.24, 2.45) is 0 Å². The van der Waals surface area contributed by atoms with Crippen LogP contribution in [0.5, 0.6) is 17.2 Å². The fourth-order valence-corrected chi connectivity index (χ4v) is 2.65. The fraction of sp³-hybridized carbons (Fsp3) is 0.381. The van der Waals surface area contributed by atoms with Gasteiger partial charge in [-0.2, -0.15) is 0 Å². The van der Waals surface area contributed by atoms with Gasteiger partial charge in [0.25, 0.3) is 0 Å². The van der Waals surface area contributed by atoms with Crippen molar-refractivity contribution < 1.29 is 24.1 Å². The van der Waals surface area contributed by atoms with E-state index in [2.05, 4.69) is 26.8 Å². The van der Waals surface area contributed by atoms with E-state index in [9.17, 15) is 4.79 Å². The van der Waals surface area contributed by atoms with E-state index >= 15 is 0 Å². The van der Waals surface area contributed by atoms with Crippen LogP contribution in [-0.4, -0.2) is 31.4 Å². The molecule has 140 valence electrons. The van der Waals surface area contributed by atoms with Crippen LogP contribution in [0.25, 0.3) is 0 Å². The van der Waals surface area contributed by atoms with E-state index in [-0.39, 0.29) is 11.0 Å². The molecule has 0 aliphatic rings. The molecule has 0 amide bonds. The van der Waals surface area contributed by atoms with Gasteiger partial charge in [0.05, 0.1) is 12.7 Å². The number of para-hydroxylation sites is 1. The van der Waals surface area contributed by atoms with E-state index in [1.807, 2.05) is 19.1 Å². The number of ether oxygens (including phenoxy) is 3. The van der Waals surface area contributed by atoms with Crippen molar-refractivity contribution in [3.05, 3.63) is 53.1 Å². The Kier molecular flexibility index (Phi) is 6.14. The van der Waals surface area contributed by atoms with Gasteiger partial charge in [0.1, 0.15) is 19.0 Å². The van der Waals surface area contributed by atoms with Crippen LogP contribution in [0.1, 0.15) is 42.3 Å². The lowest BCUT2D eigenvalue weighted by Gasteiger charge is -2.24. The van der Waals surface area contributed by atoms with Crippen LogP contribution in [0.2, 0.25) is 0 Å². The Balaban J connectivity index is 2.03. The minimum absolute atomic E-state index is 0.0158. The molecule has 0 spiro atoms. The molecule has 0 aliphatic carbocycles. The van der Waals surface area contributed by atoms with E-state index in [0.29, 0.717) is 24.7 Å². The van der Waals surface area contributed by atoms with Gasteiger partial charge >= 0.3 is 5.97 Å². The molecule has 0 saturated heterocycles. The number of aromatic carboxylic acids is 1. The summed E-state index contributed by atoms with van der Waals surface area (Å²) in [5, 5.41) is 9.04. The highest BCUT2D eigenvalue weighted by molar-refractivity contribution is 5.88. The van der Waals surface area contributed by atoms with Gasteiger partial charge in [-0.1, -0.05) is 39.0 Å². The fourth-order valence-electron chi connectivity index (χ4n) is 2.65. The maximum absolute atomic E-state index is 11.0. The molecule has 0 heterocycles. The highest BCUT2D eigenvalue weighted by atomic mass is 16.5. The third-order valence-corrected chi connectivity index (χ3v) is 4.02. The SMILES string of the molecule is COc1cc(C(=O)O)ccc1OCCOc1c(C)cccc1C(C)(C)C. The maximum Gasteiger partial charge on any atom is 0.335 e. The van der Waals surface area contributed by atoms with Crippen molar-refractivity contribution in [2.45, 2.75) is 33.1 Å². The Morgan fingerprint density at radius 3 is 2.35 bits per heavy atom. The molecule has 2 aromatic rings. The van der Waals surface area contributed by atoms with Crippen molar-refractivity contribution in [3.63, 3.8) is 0 Å². The van der Waals surface area contributed by atoms with Gasteiger partial charge in [-0.15, -0.1) is 0 Å². The average Bonchev–Trinajstić information content (AvgIpc) is 2.58. The zero-order valence-corrected chi connectivity index (χ0v) is 16.0. The summed E-state index contributed by atoms with van der Waals surface area (Å²) in [7, 11) is 1.48. The second-order valence-electron chi connectivity index (χ2n) is 7.07. The minimum Gasteiger partial charge on any atom is -0.493 e. The first-order chi connectivity index (χ1) is 12.2. The van der Waals surface area contributed by atoms with E-state index in [1.54, 1.807) is 6.07 Å². The quantitative estimate of drug-likeness (QED) is 0.741. The van der Waals surface area contributed by atoms with Gasteiger partial charge in [-0.25, -0.2) is 4.79 Å². The zero-order chi connectivity index (χ0) is 19.3. The predicted octanol–water partition coefficient (Wildman–Crippen LogP) is 4.46. The predicted molar refractivity (Wildman–Crippen MR) is 101 cm³/mol. The molecule has 0 radical (unpaired) electrons. The van der Waals surface area contributed by atoms with Gasteiger partial charge < -0.3 is 19.3 Å². The summed E-state index contributed by atoms with van der Waals surface area (Å²) in [6, 6.07) is 10.7. The Bertz CT molecular complexity index is 774. The maximum atomic E-state index is 11.0. The molecule has 0 atom stereocenters. The molecule has 0 fully saturated rings. The summed E-state index contributed by atoms with van der Waals surface area (Å²) in [6.07, 6.45) is 0. The molecule has 26 heavy (non-hydrogen) atoms. The molecular formula is C21H26O5. The van der Waals surface area contributed by atoms with Gasteiger partial charge in [0.15, 0.2) is 11.5 Å². The Hall–Kier alpha value is -2.69. The lowest BCUT2D eigenvalue weighted by atomic mass is 9.85. The van der Waals surface area contributed by atoms with Crippen LogP contribution in [0.3, 0.4) is 0 Å². The molecule has 5 nitrogen and oxygen atoms in total. The molecule has 0 saturated carbocycles. The molecular weight excluding hydrogens is 332 g/mol. The van der Waals surface area contributed by atoms with Crippen LogP contribution in [0.15, 0.2) is 36.4 Å². The third-order valence-electron chi connectivity index (χ3n) is 4.02. The van der Waals surface area contributed by atoms with Crippen LogP contribution in [0, 0.1) is 6.92 Å². The highest BCUT2D eigenvalue weighted by Gasteiger charge is 2.20. The zero-order valence-electron chi connectivity index (χ0n) is 16.0. The number of hydrogen-bond acceptors (Lipinski definition) is 4. The summed E-state index contributed by atoms with van der Waals surface area (Å²) in [6.45, 7) is 9.18. The first kappa shape index (κ1) is 19.6. The summed E-state index contributed by atoms with van der Waals surface area (Å²) in [5.74, 6) is 0.752. The molecule has 2 rings (SSSR count). The summed E-state index contributed by atoms with van der Waals surface area (Å²) in [5.41, 5.74) is 2.37. The van der Waals surface area contributed by atoms with Crippen molar-refractivity contribution in [1.82, 2.24) is 0 Å². The third kappa shape index (κ3) is 4.69.